The van der Waals surface area contributed by atoms with Crippen molar-refractivity contribution in [3.8, 4) is 0 Å². The molecule has 0 fully saturated rings. The Morgan fingerprint density at radius 3 is 2.68 bits per heavy atom. The van der Waals surface area contributed by atoms with Crippen molar-refractivity contribution in [2.75, 3.05) is 18.5 Å². The van der Waals surface area contributed by atoms with Gasteiger partial charge in [0.25, 0.3) is 0 Å². The smallest absolute Gasteiger partial charge is 0.414 e. The van der Waals surface area contributed by atoms with Crippen LogP contribution in [0, 0.1) is 0 Å². The molecule has 1 aromatic carbocycles. The summed E-state index contributed by atoms with van der Waals surface area (Å²) in [7, 11) is 1.95. The summed E-state index contributed by atoms with van der Waals surface area (Å²) in [4.78, 5) is 14.0. The van der Waals surface area contributed by atoms with E-state index in [1.165, 1.54) is 0 Å². The van der Waals surface area contributed by atoms with E-state index in [1.807, 2.05) is 46.0 Å². The molecule has 0 saturated heterocycles. The zero-order valence-corrected chi connectivity index (χ0v) is 12.1. The van der Waals surface area contributed by atoms with Gasteiger partial charge in [0.05, 0.1) is 5.69 Å². The number of carbonyl (C=O) groups excluding carboxylic acids is 1. The molecule has 1 atom stereocenters. The highest BCUT2D eigenvalue weighted by Gasteiger charge is 2.30. The Balaban J connectivity index is 2.27. The molecule has 1 aliphatic heterocycles. The number of fused-ring (bicyclic) bond motifs is 1. The maximum absolute atomic E-state index is 12.3. The van der Waals surface area contributed by atoms with E-state index in [1.54, 1.807) is 4.90 Å². The van der Waals surface area contributed by atoms with Crippen LogP contribution < -0.4 is 10.2 Å². The highest BCUT2D eigenvalue weighted by Crippen LogP contribution is 2.34. The van der Waals surface area contributed by atoms with Crippen molar-refractivity contribution in [1.29, 1.82) is 0 Å². The van der Waals surface area contributed by atoms with Crippen LogP contribution in [0.15, 0.2) is 24.3 Å². The van der Waals surface area contributed by atoms with Crippen molar-refractivity contribution in [1.82, 2.24) is 5.32 Å². The average molecular weight is 262 g/mol. The van der Waals surface area contributed by atoms with Crippen molar-refractivity contribution in [2.45, 2.75) is 38.8 Å². The first-order chi connectivity index (χ1) is 8.92. The average Bonchev–Trinajstić information content (AvgIpc) is 2.35. The fourth-order valence-corrected chi connectivity index (χ4v) is 2.37. The lowest BCUT2D eigenvalue weighted by Gasteiger charge is -2.35. The Labute approximate surface area is 114 Å². The van der Waals surface area contributed by atoms with Crippen molar-refractivity contribution in [3.63, 3.8) is 0 Å². The minimum absolute atomic E-state index is 0.269. The summed E-state index contributed by atoms with van der Waals surface area (Å²) in [5.74, 6) is 0. The molecule has 1 aliphatic rings. The van der Waals surface area contributed by atoms with Gasteiger partial charge in [0.2, 0.25) is 0 Å². The molecule has 1 amide bonds. The van der Waals surface area contributed by atoms with Crippen LogP contribution in [0.5, 0.6) is 0 Å². The lowest BCUT2D eigenvalue weighted by molar-refractivity contribution is 0.0576. The SMILES string of the molecule is CNC1CCN(C(=O)OC(C)(C)C)c2ccccc21. The number of benzene rings is 1. The van der Waals surface area contributed by atoms with E-state index >= 15 is 0 Å². The van der Waals surface area contributed by atoms with Gasteiger partial charge >= 0.3 is 6.09 Å². The fraction of sp³-hybridized carbons (Fsp3) is 0.533. The van der Waals surface area contributed by atoms with Gasteiger partial charge in [0.15, 0.2) is 0 Å². The third-order valence-electron chi connectivity index (χ3n) is 3.21. The van der Waals surface area contributed by atoms with Gasteiger partial charge in [-0.25, -0.2) is 4.79 Å². The van der Waals surface area contributed by atoms with Crippen LogP contribution in [0.1, 0.15) is 38.8 Å². The number of amides is 1. The lowest BCUT2D eigenvalue weighted by Crippen LogP contribution is -2.42. The van der Waals surface area contributed by atoms with Gasteiger partial charge in [-0.2, -0.15) is 0 Å². The van der Waals surface area contributed by atoms with Gasteiger partial charge in [0, 0.05) is 12.6 Å². The molecule has 0 spiro atoms. The quantitative estimate of drug-likeness (QED) is 0.845. The first-order valence-corrected chi connectivity index (χ1v) is 6.69. The van der Waals surface area contributed by atoms with Gasteiger partial charge in [-0.3, -0.25) is 4.90 Å². The second-order valence-electron chi connectivity index (χ2n) is 5.82. The van der Waals surface area contributed by atoms with Crippen molar-refractivity contribution in [3.05, 3.63) is 29.8 Å². The molecular formula is C15H22N2O2. The van der Waals surface area contributed by atoms with Crippen LogP contribution in [0.2, 0.25) is 0 Å². The molecule has 1 unspecified atom stereocenters. The largest absolute Gasteiger partial charge is 0.443 e. The predicted molar refractivity (Wildman–Crippen MR) is 76.4 cm³/mol. The Hall–Kier alpha value is -1.55. The molecule has 4 nitrogen and oxygen atoms in total. The minimum Gasteiger partial charge on any atom is -0.443 e. The van der Waals surface area contributed by atoms with E-state index in [2.05, 4.69) is 11.4 Å². The molecule has 19 heavy (non-hydrogen) atoms. The Kier molecular flexibility index (Phi) is 3.80. The van der Waals surface area contributed by atoms with Gasteiger partial charge in [-0.15, -0.1) is 0 Å². The summed E-state index contributed by atoms with van der Waals surface area (Å²) in [6.07, 6.45) is 0.627. The third-order valence-corrected chi connectivity index (χ3v) is 3.21. The summed E-state index contributed by atoms with van der Waals surface area (Å²) in [5, 5.41) is 3.29. The van der Waals surface area contributed by atoms with Crippen LogP contribution in [0.3, 0.4) is 0 Å². The van der Waals surface area contributed by atoms with Gasteiger partial charge in [-0.1, -0.05) is 18.2 Å². The molecule has 2 rings (SSSR count). The minimum atomic E-state index is -0.466. The van der Waals surface area contributed by atoms with E-state index in [0.717, 1.165) is 17.7 Å². The maximum atomic E-state index is 12.3. The lowest BCUT2D eigenvalue weighted by atomic mass is 9.97. The molecule has 0 saturated carbocycles. The predicted octanol–water partition coefficient (Wildman–Crippen LogP) is 3.09. The molecular weight excluding hydrogens is 240 g/mol. The number of para-hydroxylation sites is 1. The van der Waals surface area contributed by atoms with Crippen LogP contribution in [-0.4, -0.2) is 25.3 Å². The standard InChI is InChI=1S/C15H22N2O2/c1-15(2,3)19-14(18)17-10-9-12(16-4)11-7-5-6-8-13(11)17/h5-8,12,16H,9-10H2,1-4H3. The topological polar surface area (TPSA) is 41.6 Å². The zero-order chi connectivity index (χ0) is 14.0. The van der Waals surface area contributed by atoms with Crippen LogP contribution >= 0.6 is 0 Å². The summed E-state index contributed by atoms with van der Waals surface area (Å²) in [6, 6.07) is 8.29. The molecule has 4 heteroatoms. The second kappa shape index (κ2) is 5.21. The fourth-order valence-electron chi connectivity index (χ4n) is 2.37. The first kappa shape index (κ1) is 13.9. The van der Waals surface area contributed by atoms with Gasteiger partial charge < -0.3 is 10.1 Å². The maximum Gasteiger partial charge on any atom is 0.414 e. The number of anilines is 1. The summed E-state index contributed by atoms with van der Waals surface area (Å²) in [5.41, 5.74) is 1.63. The second-order valence-corrected chi connectivity index (χ2v) is 5.82. The Bertz CT molecular complexity index is 465. The molecule has 1 aromatic rings. The van der Waals surface area contributed by atoms with Gasteiger partial charge in [-0.05, 0) is 45.9 Å². The molecule has 0 bridgehead atoms. The molecule has 104 valence electrons. The molecule has 1 N–H and O–H groups in total. The molecule has 0 aromatic heterocycles. The Morgan fingerprint density at radius 2 is 2.05 bits per heavy atom. The number of ether oxygens (including phenoxy) is 1. The monoisotopic (exact) mass is 262 g/mol. The van der Waals surface area contributed by atoms with Gasteiger partial charge in [0.1, 0.15) is 5.60 Å². The van der Waals surface area contributed by atoms with Crippen LogP contribution in [-0.2, 0) is 4.74 Å². The summed E-state index contributed by atoms with van der Waals surface area (Å²) < 4.78 is 5.47. The van der Waals surface area contributed by atoms with Crippen LogP contribution in [0.4, 0.5) is 10.5 Å². The number of hydrogen-bond donors (Lipinski definition) is 1. The van der Waals surface area contributed by atoms with Crippen molar-refractivity contribution in [2.24, 2.45) is 0 Å². The number of rotatable bonds is 1. The summed E-state index contributed by atoms with van der Waals surface area (Å²) in [6.45, 7) is 6.34. The third kappa shape index (κ3) is 3.07. The molecule has 1 heterocycles. The van der Waals surface area contributed by atoms with E-state index in [-0.39, 0.29) is 6.09 Å². The zero-order valence-electron chi connectivity index (χ0n) is 12.1. The highest BCUT2D eigenvalue weighted by molar-refractivity contribution is 5.89. The Morgan fingerprint density at radius 1 is 1.37 bits per heavy atom. The number of hydrogen-bond acceptors (Lipinski definition) is 3. The van der Waals surface area contributed by atoms with E-state index < -0.39 is 5.60 Å². The number of nitrogens with one attached hydrogen (secondary N) is 1. The highest BCUT2D eigenvalue weighted by atomic mass is 16.6. The normalized spacial score (nSPS) is 18.9. The molecule has 0 radical (unpaired) electrons. The van der Waals surface area contributed by atoms with Crippen molar-refractivity contribution >= 4 is 11.8 Å². The first-order valence-electron chi connectivity index (χ1n) is 6.69. The van der Waals surface area contributed by atoms with Crippen LogP contribution in [0.25, 0.3) is 0 Å². The van der Waals surface area contributed by atoms with E-state index in [4.69, 9.17) is 4.74 Å². The van der Waals surface area contributed by atoms with E-state index in [0.29, 0.717) is 12.6 Å². The number of nitrogens with zero attached hydrogens (tertiary/aromatic N) is 1. The van der Waals surface area contributed by atoms with Crippen molar-refractivity contribution < 1.29 is 9.53 Å². The van der Waals surface area contributed by atoms with E-state index in [9.17, 15) is 4.79 Å². The number of carbonyl (C=O) groups is 1. The molecule has 0 aliphatic carbocycles. The summed E-state index contributed by atoms with van der Waals surface area (Å²) >= 11 is 0.